The van der Waals surface area contributed by atoms with E-state index in [1.165, 1.54) is 7.11 Å². The number of nitrogens with one attached hydrogen (secondary N) is 2. The van der Waals surface area contributed by atoms with E-state index in [9.17, 15) is 4.79 Å². The number of hydrogen-bond acceptors (Lipinski definition) is 4. The molecule has 0 bridgehead atoms. The van der Waals surface area contributed by atoms with E-state index in [0.29, 0.717) is 18.6 Å². The first-order valence-electron chi connectivity index (χ1n) is 8.48. The van der Waals surface area contributed by atoms with Crippen molar-refractivity contribution in [1.29, 1.82) is 0 Å². The number of esters is 1. The minimum absolute atomic E-state index is 0.216. The Labute approximate surface area is 152 Å². The summed E-state index contributed by atoms with van der Waals surface area (Å²) in [6.45, 7) is 4.07. The first-order chi connectivity index (χ1) is 12.5. The van der Waals surface area contributed by atoms with E-state index < -0.39 is 0 Å². The number of aryl methyl sites for hydroxylation is 1. The average Bonchev–Trinajstić information content (AvgIpc) is 3.34. The van der Waals surface area contributed by atoms with Gasteiger partial charge in [-0.05, 0) is 49.6 Å². The summed E-state index contributed by atoms with van der Waals surface area (Å²) in [6, 6.07) is 3.90. The van der Waals surface area contributed by atoms with Crippen LogP contribution in [0.1, 0.15) is 34.6 Å². The maximum Gasteiger partial charge on any atom is 0.305 e. The Morgan fingerprint density at radius 1 is 1.31 bits per heavy atom. The van der Waals surface area contributed by atoms with E-state index in [1.54, 1.807) is 7.11 Å². The van der Waals surface area contributed by atoms with Crippen LogP contribution in [-0.4, -0.2) is 35.9 Å². The van der Waals surface area contributed by atoms with Crippen LogP contribution in [0.3, 0.4) is 0 Å². The van der Waals surface area contributed by atoms with Crippen LogP contribution in [0.15, 0.2) is 40.9 Å². The molecule has 1 aliphatic heterocycles. The fraction of sp³-hybridized carbons (Fsp3) is 0.300. The highest BCUT2D eigenvalue weighted by Gasteiger charge is 2.19. The van der Waals surface area contributed by atoms with Crippen molar-refractivity contribution in [3.8, 4) is 0 Å². The minimum atomic E-state index is -0.216. The number of H-pyrrole nitrogens is 2. The molecule has 26 heavy (non-hydrogen) atoms. The molecule has 0 saturated heterocycles. The molecule has 0 fully saturated rings. The van der Waals surface area contributed by atoms with E-state index in [2.05, 4.69) is 21.9 Å². The Bertz CT molecular complexity index is 899. The normalized spacial score (nSPS) is 15.2. The lowest BCUT2D eigenvalue weighted by molar-refractivity contribution is -0.140. The van der Waals surface area contributed by atoms with Gasteiger partial charge in [0, 0.05) is 30.1 Å². The van der Waals surface area contributed by atoms with Gasteiger partial charge in [0.1, 0.15) is 11.5 Å². The third-order valence-electron chi connectivity index (χ3n) is 4.61. The van der Waals surface area contributed by atoms with E-state index in [4.69, 9.17) is 9.47 Å². The van der Waals surface area contributed by atoms with Gasteiger partial charge >= 0.3 is 5.97 Å². The average molecular weight is 353 g/mol. The van der Waals surface area contributed by atoms with Gasteiger partial charge in [0.15, 0.2) is 0 Å². The summed E-state index contributed by atoms with van der Waals surface area (Å²) in [5.74, 6) is 0.491. The monoisotopic (exact) mass is 353 g/mol. The molecule has 0 aromatic carbocycles. The van der Waals surface area contributed by atoms with Gasteiger partial charge in [-0.3, -0.25) is 4.79 Å². The Morgan fingerprint density at radius 3 is 2.77 bits per heavy atom. The number of aromatic nitrogens is 2. The fourth-order valence-electron chi connectivity index (χ4n) is 3.02. The van der Waals surface area contributed by atoms with Crippen LogP contribution in [0.25, 0.3) is 6.08 Å². The van der Waals surface area contributed by atoms with Gasteiger partial charge in [-0.1, -0.05) is 0 Å². The van der Waals surface area contributed by atoms with Crippen LogP contribution >= 0.6 is 0 Å². The van der Waals surface area contributed by atoms with Crippen LogP contribution in [-0.2, 0) is 20.7 Å². The van der Waals surface area contributed by atoms with Crippen molar-refractivity contribution in [2.24, 2.45) is 4.99 Å². The maximum atomic E-state index is 11.5. The number of ether oxygens (including phenoxy) is 2. The van der Waals surface area contributed by atoms with Gasteiger partial charge in [0.2, 0.25) is 0 Å². The molecule has 0 atom stereocenters. The van der Waals surface area contributed by atoms with Crippen molar-refractivity contribution >= 4 is 17.8 Å². The van der Waals surface area contributed by atoms with Crippen molar-refractivity contribution in [3.05, 3.63) is 64.1 Å². The van der Waals surface area contributed by atoms with Crippen molar-refractivity contribution in [2.45, 2.75) is 26.7 Å². The molecule has 3 rings (SSSR count). The predicted molar refractivity (Wildman–Crippen MR) is 101 cm³/mol. The van der Waals surface area contributed by atoms with Crippen LogP contribution in [0, 0.1) is 13.8 Å². The second-order valence-electron chi connectivity index (χ2n) is 6.17. The number of aliphatic imine (C=N–C) groups is 1. The number of rotatable bonds is 6. The summed E-state index contributed by atoms with van der Waals surface area (Å²) in [5.41, 5.74) is 6.78. The van der Waals surface area contributed by atoms with E-state index in [0.717, 1.165) is 39.6 Å². The smallest absolute Gasteiger partial charge is 0.305 e. The highest BCUT2D eigenvalue weighted by molar-refractivity contribution is 6.11. The third kappa shape index (κ3) is 3.49. The lowest BCUT2D eigenvalue weighted by atomic mass is 10.0. The van der Waals surface area contributed by atoms with Crippen LogP contribution in [0.2, 0.25) is 0 Å². The van der Waals surface area contributed by atoms with Crippen molar-refractivity contribution in [2.75, 3.05) is 14.2 Å². The molecule has 6 nitrogen and oxygen atoms in total. The van der Waals surface area contributed by atoms with Crippen molar-refractivity contribution < 1.29 is 14.3 Å². The first-order valence-corrected chi connectivity index (χ1v) is 8.48. The fourth-order valence-corrected chi connectivity index (χ4v) is 3.02. The molecule has 136 valence electrons. The van der Waals surface area contributed by atoms with Gasteiger partial charge < -0.3 is 19.4 Å². The van der Waals surface area contributed by atoms with Gasteiger partial charge in [0.25, 0.3) is 0 Å². The highest BCUT2D eigenvalue weighted by atomic mass is 16.5. The summed E-state index contributed by atoms with van der Waals surface area (Å²) in [6.07, 6.45) is 6.70. The molecule has 0 radical (unpaired) electrons. The van der Waals surface area contributed by atoms with Crippen LogP contribution < -0.4 is 0 Å². The number of hydrogen-bond donors (Lipinski definition) is 2. The van der Waals surface area contributed by atoms with E-state index in [1.807, 2.05) is 37.4 Å². The summed E-state index contributed by atoms with van der Waals surface area (Å²) >= 11 is 0. The molecule has 3 heterocycles. The Hall–Kier alpha value is -3.02. The van der Waals surface area contributed by atoms with Gasteiger partial charge in [0.05, 0.1) is 25.6 Å². The lowest BCUT2D eigenvalue weighted by Crippen LogP contribution is -2.03. The topological polar surface area (TPSA) is 79.5 Å². The molecule has 1 aliphatic rings. The second kappa shape index (κ2) is 7.47. The zero-order valence-corrected chi connectivity index (χ0v) is 15.5. The number of carbonyl (C=O) groups excluding carboxylic acids is 1. The third-order valence-corrected chi connectivity index (χ3v) is 4.61. The molecule has 2 aromatic rings. The Morgan fingerprint density at radius 2 is 2.12 bits per heavy atom. The predicted octanol–water partition coefficient (Wildman–Crippen LogP) is 3.44. The summed E-state index contributed by atoms with van der Waals surface area (Å²) in [5, 5.41) is 0. The highest BCUT2D eigenvalue weighted by Crippen LogP contribution is 2.28. The molecule has 2 N–H and O–H groups in total. The molecular weight excluding hydrogens is 330 g/mol. The number of nitrogens with zero attached hydrogens (tertiary/aromatic N) is 1. The molecule has 2 aromatic heterocycles. The number of aromatic amines is 2. The number of allylic oxidation sites excluding steroid dienone is 1. The molecule has 0 unspecified atom stereocenters. The maximum absolute atomic E-state index is 11.5. The van der Waals surface area contributed by atoms with Gasteiger partial charge in [-0.15, -0.1) is 0 Å². The minimum Gasteiger partial charge on any atom is -0.494 e. The summed E-state index contributed by atoms with van der Waals surface area (Å²) < 4.78 is 10.3. The largest absolute Gasteiger partial charge is 0.494 e. The molecule has 0 aliphatic carbocycles. The van der Waals surface area contributed by atoms with E-state index in [-0.39, 0.29) is 5.97 Å². The Kier molecular flexibility index (Phi) is 5.11. The lowest BCUT2D eigenvalue weighted by Gasteiger charge is -2.04. The van der Waals surface area contributed by atoms with Crippen LogP contribution in [0.5, 0.6) is 0 Å². The summed E-state index contributed by atoms with van der Waals surface area (Å²) in [4.78, 5) is 22.8. The quantitative estimate of drug-likeness (QED) is 0.781. The van der Waals surface area contributed by atoms with Gasteiger partial charge in [-0.25, -0.2) is 4.99 Å². The molecule has 0 amide bonds. The zero-order chi connectivity index (χ0) is 18.7. The van der Waals surface area contributed by atoms with Crippen LogP contribution in [0.4, 0.5) is 0 Å². The molecule has 0 saturated carbocycles. The Balaban J connectivity index is 1.95. The second-order valence-corrected chi connectivity index (χ2v) is 6.17. The molecular formula is C20H23N3O3. The molecule has 6 heteroatoms. The first kappa shape index (κ1) is 17.8. The standard InChI is InChI=1S/C20H23N3O3/c1-12-13(2)22-16(14(12)7-8-20(24)26-4)10-18-19(25-3)11-17(23-18)15-6-5-9-21-15/h5-6,9-11,21-22H,7-8H2,1-4H3/b18-10-. The molecule has 0 spiro atoms. The van der Waals surface area contributed by atoms with Crippen molar-refractivity contribution in [1.82, 2.24) is 9.97 Å². The number of carbonyl (C=O) groups is 1. The van der Waals surface area contributed by atoms with Gasteiger partial charge in [-0.2, -0.15) is 0 Å². The number of methoxy groups -OCH3 is 2. The summed E-state index contributed by atoms with van der Waals surface area (Å²) in [7, 11) is 3.04. The van der Waals surface area contributed by atoms with E-state index >= 15 is 0 Å². The SMILES string of the molecule is COC(=O)CCc1c(/C=C2\N=C(c3ccc[nH]3)C=C2OC)[nH]c(C)c1C. The van der Waals surface area contributed by atoms with Crippen molar-refractivity contribution in [3.63, 3.8) is 0 Å². The zero-order valence-electron chi connectivity index (χ0n) is 15.5.